The molecule has 2 N–H and O–H groups in total. The first-order valence-electron chi connectivity index (χ1n) is 8.60. The number of aromatic nitrogens is 2. The van der Waals surface area contributed by atoms with Crippen LogP contribution in [0, 0.1) is 0 Å². The number of sulfonamides is 1. The van der Waals surface area contributed by atoms with Crippen LogP contribution in [0.25, 0.3) is 0 Å². The van der Waals surface area contributed by atoms with Crippen LogP contribution in [-0.2, 0) is 16.6 Å². The second-order valence-electron chi connectivity index (χ2n) is 5.85. The molecule has 0 aliphatic carbocycles. The van der Waals surface area contributed by atoms with Crippen LogP contribution in [0.3, 0.4) is 0 Å². The zero-order valence-corrected chi connectivity index (χ0v) is 18.7. The maximum absolute atomic E-state index is 12.5. The number of hydrogen-bond donors (Lipinski definition) is 2. The quantitative estimate of drug-likeness (QED) is 0.466. The van der Waals surface area contributed by atoms with Gasteiger partial charge >= 0.3 is 0 Å². The predicted octanol–water partition coefficient (Wildman–Crippen LogP) is 3.97. The summed E-state index contributed by atoms with van der Waals surface area (Å²) in [6, 6.07) is 11.4. The summed E-state index contributed by atoms with van der Waals surface area (Å²) in [5, 5.41) is 10.4. The Labute approximate surface area is 187 Å². The van der Waals surface area contributed by atoms with Gasteiger partial charge in [0.25, 0.3) is 15.9 Å². The van der Waals surface area contributed by atoms with E-state index in [-0.39, 0.29) is 26.6 Å². The van der Waals surface area contributed by atoms with E-state index in [4.69, 9.17) is 27.9 Å². The Morgan fingerprint density at radius 1 is 1.13 bits per heavy atom. The summed E-state index contributed by atoms with van der Waals surface area (Å²) in [5.74, 6) is 0.147. The zero-order valence-electron chi connectivity index (χ0n) is 15.6. The molecule has 0 unspecified atom stereocenters. The van der Waals surface area contributed by atoms with Crippen molar-refractivity contribution in [1.82, 2.24) is 14.9 Å². The van der Waals surface area contributed by atoms with Crippen LogP contribution in [0.4, 0.5) is 5.13 Å². The van der Waals surface area contributed by atoms with Crippen molar-refractivity contribution < 1.29 is 17.9 Å². The number of nitrogens with one attached hydrogen (secondary N) is 2. The first-order chi connectivity index (χ1) is 14.3. The SMILES string of the molecule is CCOc1ccc(CNS(=O)(=O)c2nnc(NC(=O)c3ccc(Cl)cc3Cl)s2)cc1. The van der Waals surface area contributed by atoms with Gasteiger partial charge in [-0.2, -0.15) is 0 Å². The molecule has 12 heteroatoms. The average Bonchev–Trinajstić information content (AvgIpc) is 3.17. The van der Waals surface area contributed by atoms with Gasteiger partial charge in [-0.25, -0.2) is 13.1 Å². The van der Waals surface area contributed by atoms with Crippen LogP contribution in [0.15, 0.2) is 46.8 Å². The summed E-state index contributed by atoms with van der Waals surface area (Å²) in [7, 11) is -3.90. The van der Waals surface area contributed by atoms with E-state index in [2.05, 4.69) is 20.2 Å². The fourth-order valence-electron chi connectivity index (χ4n) is 2.32. The van der Waals surface area contributed by atoms with E-state index < -0.39 is 15.9 Å². The van der Waals surface area contributed by atoms with Gasteiger partial charge in [0.15, 0.2) is 0 Å². The van der Waals surface area contributed by atoms with E-state index in [1.54, 1.807) is 24.3 Å². The van der Waals surface area contributed by atoms with Gasteiger partial charge in [-0.1, -0.05) is 46.7 Å². The summed E-state index contributed by atoms with van der Waals surface area (Å²) >= 11 is 12.5. The number of anilines is 1. The third-order valence-electron chi connectivity index (χ3n) is 3.73. The van der Waals surface area contributed by atoms with Gasteiger partial charge in [-0.3, -0.25) is 10.1 Å². The van der Waals surface area contributed by atoms with Crippen molar-refractivity contribution in [3.8, 4) is 5.75 Å². The molecule has 0 aliphatic rings. The summed E-state index contributed by atoms with van der Waals surface area (Å²) < 4.78 is 32.4. The lowest BCUT2D eigenvalue weighted by Gasteiger charge is -2.06. The van der Waals surface area contributed by atoms with E-state index in [1.165, 1.54) is 18.2 Å². The summed E-state index contributed by atoms with van der Waals surface area (Å²) in [6.45, 7) is 2.49. The van der Waals surface area contributed by atoms with Crippen molar-refractivity contribution in [3.05, 3.63) is 63.6 Å². The lowest BCUT2D eigenvalue weighted by molar-refractivity contribution is 0.102. The molecule has 30 heavy (non-hydrogen) atoms. The molecule has 0 saturated heterocycles. The Morgan fingerprint density at radius 3 is 2.53 bits per heavy atom. The number of rotatable bonds is 8. The van der Waals surface area contributed by atoms with Crippen molar-refractivity contribution in [3.63, 3.8) is 0 Å². The number of carbonyl (C=O) groups excluding carboxylic acids is 1. The fourth-order valence-corrected chi connectivity index (χ4v) is 4.76. The Hall–Kier alpha value is -2.24. The number of hydrogen-bond acceptors (Lipinski definition) is 7. The first-order valence-corrected chi connectivity index (χ1v) is 11.7. The van der Waals surface area contributed by atoms with E-state index in [9.17, 15) is 13.2 Å². The average molecular weight is 487 g/mol. The normalized spacial score (nSPS) is 11.3. The maximum atomic E-state index is 12.5. The molecule has 1 heterocycles. The molecule has 0 aliphatic heterocycles. The van der Waals surface area contributed by atoms with Crippen molar-refractivity contribution in [2.24, 2.45) is 0 Å². The lowest BCUT2D eigenvalue weighted by Crippen LogP contribution is -2.23. The fraction of sp³-hybridized carbons (Fsp3) is 0.167. The molecule has 0 spiro atoms. The van der Waals surface area contributed by atoms with Crippen LogP contribution in [0.1, 0.15) is 22.8 Å². The van der Waals surface area contributed by atoms with Gasteiger partial charge in [-0.05, 0) is 42.8 Å². The number of benzene rings is 2. The van der Waals surface area contributed by atoms with E-state index in [0.717, 1.165) is 16.9 Å². The van der Waals surface area contributed by atoms with Crippen molar-refractivity contribution in [2.45, 2.75) is 17.8 Å². The van der Waals surface area contributed by atoms with Crippen molar-refractivity contribution >= 4 is 55.6 Å². The maximum Gasteiger partial charge on any atom is 0.270 e. The summed E-state index contributed by atoms with van der Waals surface area (Å²) in [6.07, 6.45) is 0. The second kappa shape index (κ2) is 9.71. The Kier molecular flexibility index (Phi) is 7.27. The molecular weight excluding hydrogens is 471 g/mol. The van der Waals surface area contributed by atoms with Gasteiger partial charge in [0.1, 0.15) is 5.75 Å². The van der Waals surface area contributed by atoms with E-state index >= 15 is 0 Å². The predicted molar refractivity (Wildman–Crippen MR) is 116 cm³/mol. The van der Waals surface area contributed by atoms with Crippen molar-refractivity contribution in [2.75, 3.05) is 11.9 Å². The first kappa shape index (κ1) is 22.4. The van der Waals surface area contributed by atoms with Gasteiger partial charge < -0.3 is 4.74 Å². The Bertz CT molecular complexity index is 1150. The van der Waals surface area contributed by atoms with Gasteiger partial charge in [0.2, 0.25) is 9.47 Å². The minimum atomic E-state index is -3.90. The van der Waals surface area contributed by atoms with Crippen LogP contribution < -0.4 is 14.8 Å². The topological polar surface area (TPSA) is 110 Å². The Balaban J connectivity index is 1.64. The number of nitrogens with zero attached hydrogens (tertiary/aromatic N) is 2. The molecule has 3 aromatic rings. The summed E-state index contributed by atoms with van der Waals surface area (Å²) in [5.41, 5.74) is 0.923. The zero-order chi connectivity index (χ0) is 21.7. The van der Waals surface area contributed by atoms with E-state index in [1.807, 2.05) is 6.92 Å². The molecule has 0 radical (unpaired) electrons. The largest absolute Gasteiger partial charge is 0.494 e. The molecule has 0 bridgehead atoms. The molecule has 158 valence electrons. The van der Waals surface area contributed by atoms with Crippen LogP contribution in [0.2, 0.25) is 10.0 Å². The highest BCUT2D eigenvalue weighted by atomic mass is 35.5. The van der Waals surface area contributed by atoms with Crippen LogP contribution in [0.5, 0.6) is 5.75 Å². The number of carbonyl (C=O) groups is 1. The third kappa shape index (κ3) is 5.67. The molecule has 3 rings (SSSR count). The standard InChI is InChI=1S/C18H16Cl2N4O4S2/c1-2-28-13-6-3-11(4-7-13)10-21-30(26,27)18-24-23-17(29-18)22-16(25)14-8-5-12(19)9-15(14)20/h3-9,21H,2,10H2,1H3,(H,22,23,25). The number of amides is 1. The summed E-state index contributed by atoms with van der Waals surface area (Å²) in [4.78, 5) is 12.3. The van der Waals surface area contributed by atoms with Crippen LogP contribution in [-0.4, -0.2) is 31.1 Å². The monoisotopic (exact) mass is 486 g/mol. The van der Waals surface area contributed by atoms with Crippen LogP contribution >= 0.6 is 34.5 Å². The number of halogens is 2. The van der Waals surface area contributed by atoms with Gasteiger partial charge in [0, 0.05) is 11.6 Å². The second-order valence-corrected chi connectivity index (χ2v) is 9.61. The van der Waals surface area contributed by atoms with E-state index in [0.29, 0.717) is 17.4 Å². The molecule has 8 nitrogen and oxygen atoms in total. The smallest absolute Gasteiger partial charge is 0.270 e. The van der Waals surface area contributed by atoms with Gasteiger partial charge in [0.05, 0.1) is 17.2 Å². The molecule has 2 aromatic carbocycles. The minimum absolute atomic E-state index is 0.0208. The molecule has 0 atom stereocenters. The molecule has 0 saturated carbocycles. The molecule has 1 aromatic heterocycles. The highest BCUT2D eigenvalue weighted by Crippen LogP contribution is 2.24. The number of ether oxygens (including phenoxy) is 1. The molecule has 1 amide bonds. The lowest BCUT2D eigenvalue weighted by atomic mass is 10.2. The Morgan fingerprint density at radius 2 is 1.87 bits per heavy atom. The molecule has 0 fully saturated rings. The highest BCUT2D eigenvalue weighted by molar-refractivity contribution is 7.91. The third-order valence-corrected chi connectivity index (χ3v) is 6.89. The van der Waals surface area contributed by atoms with Gasteiger partial charge in [-0.15, -0.1) is 10.2 Å². The minimum Gasteiger partial charge on any atom is -0.494 e. The van der Waals surface area contributed by atoms with Crippen molar-refractivity contribution in [1.29, 1.82) is 0 Å². The highest BCUT2D eigenvalue weighted by Gasteiger charge is 2.21. The molecular formula is C18H16Cl2N4O4S2.